The van der Waals surface area contributed by atoms with Gasteiger partial charge in [-0.3, -0.25) is 14.6 Å². The zero-order chi connectivity index (χ0) is 16.9. The van der Waals surface area contributed by atoms with Gasteiger partial charge in [0.2, 0.25) is 5.91 Å². The van der Waals surface area contributed by atoms with Gasteiger partial charge < -0.3 is 4.90 Å². The minimum Gasteiger partial charge on any atom is -0.339 e. The van der Waals surface area contributed by atoms with Crippen molar-refractivity contribution in [3.05, 3.63) is 22.4 Å². The summed E-state index contributed by atoms with van der Waals surface area (Å²) < 4.78 is 0. The molecule has 1 aliphatic carbocycles. The SMILES string of the molecule is CC(C)N(CC(=O)N1CCN(Cc2ccsc2)CC1)C1CCCC1. The summed E-state index contributed by atoms with van der Waals surface area (Å²) in [4.78, 5) is 19.7. The number of amides is 1. The van der Waals surface area contributed by atoms with E-state index in [-0.39, 0.29) is 0 Å². The van der Waals surface area contributed by atoms with Gasteiger partial charge >= 0.3 is 0 Å². The average molecular weight is 350 g/mol. The normalized spacial score (nSPS) is 20.4. The van der Waals surface area contributed by atoms with Crippen molar-refractivity contribution < 1.29 is 4.79 Å². The van der Waals surface area contributed by atoms with Crippen LogP contribution in [0.5, 0.6) is 0 Å². The second kappa shape index (κ2) is 8.45. The molecule has 5 heteroatoms. The molecule has 1 aromatic rings. The third-order valence-corrected chi connectivity index (χ3v) is 6.22. The molecule has 24 heavy (non-hydrogen) atoms. The zero-order valence-electron chi connectivity index (χ0n) is 15.1. The molecule has 2 heterocycles. The lowest BCUT2D eigenvalue weighted by molar-refractivity contribution is -0.135. The van der Waals surface area contributed by atoms with E-state index < -0.39 is 0 Å². The van der Waals surface area contributed by atoms with Crippen molar-refractivity contribution in [1.29, 1.82) is 0 Å². The van der Waals surface area contributed by atoms with Gasteiger partial charge in [0, 0.05) is 44.8 Å². The van der Waals surface area contributed by atoms with Crippen LogP contribution in [-0.4, -0.2) is 65.4 Å². The molecule has 0 N–H and O–H groups in total. The number of carbonyl (C=O) groups excluding carboxylic acids is 1. The largest absolute Gasteiger partial charge is 0.339 e. The maximum Gasteiger partial charge on any atom is 0.236 e. The van der Waals surface area contributed by atoms with Gasteiger partial charge in [-0.25, -0.2) is 0 Å². The van der Waals surface area contributed by atoms with Crippen LogP contribution in [0.25, 0.3) is 0 Å². The Labute approximate surface area is 150 Å². The van der Waals surface area contributed by atoms with E-state index in [1.165, 1.54) is 31.2 Å². The fraction of sp³-hybridized carbons (Fsp3) is 0.737. The quantitative estimate of drug-likeness (QED) is 0.790. The van der Waals surface area contributed by atoms with E-state index in [1.807, 2.05) is 0 Å². The van der Waals surface area contributed by atoms with E-state index in [2.05, 4.69) is 45.4 Å². The molecule has 1 aliphatic heterocycles. The Bertz CT molecular complexity index is 503. The van der Waals surface area contributed by atoms with Gasteiger partial charge in [-0.1, -0.05) is 12.8 Å². The molecule has 1 saturated carbocycles. The first-order valence-electron chi connectivity index (χ1n) is 9.40. The fourth-order valence-electron chi connectivity index (χ4n) is 4.02. The molecule has 1 saturated heterocycles. The number of piperazine rings is 1. The maximum atomic E-state index is 12.8. The second-order valence-corrected chi connectivity index (χ2v) is 8.27. The van der Waals surface area contributed by atoms with E-state index in [0.29, 0.717) is 24.5 Å². The van der Waals surface area contributed by atoms with E-state index in [4.69, 9.17) is 0 Å². The molecule has 2 fully saturated rings. The minimum atomic E-state index is 0.325. The average Bonchev–Trinajstić information content (AvgIpc) is 3.26. The summed E-state index contributed by atoms with van der Waals surface area (Å²) in [6, 6.07) is 3.27. The number of carbonyl (C=O) groups is 1. The van der Waals surface area contributed by atoms with Crippen LogP contribution in [0.1, 0.15) is 45.1 Å². The molecule has 0 spiro atoms. The summed E-state index contributed by atoms with van der Waals surface area (Å²) in [6.45, 7) is 9.81. The van der Waals surface area contributed by atoms with E-state index in [1.54, 1.807) is 11.3 Å². The lowest BCUT2D eigenvalue weighted by Gasteiger charge is -2.38. The van der Waals surface area contributed by atoms with Crippen LogP contribution < -0.4 is 0 Å². The summed E-state index contributed by atoms with van der Waals surface area (Å²) in [5.74, 6) is 0.325. The predicted octanol–water partition coefficient (Wildman–Crippen LogP) is 3.05. The van der Waals surface area contributed by atoms with Crippen LogP contribution in [0, 0.1) is 0 Å². The van der Waals surface area contributed by atoms with Crippen LogP contribution in [0.15, 0.2) is 16.8 Å². The monoisotopic (exact) mass is 349 g/mol. The number of thiophene rings is 1. The third-order valence-electron chi connectivity index (χ3n) is 5.49. The summed E-state index contributed by atoms with van der Waals surface area (Å²) in [6.07, 6.45) is 5.17. The highest BCUT2D eigenvalue weighted by atomic mass is 32.1. The molecular weight excluding hydrogens is 318 g/mol. The van der Waals surface area contributed by atoms with Crippen molar-refractivity contribution in [1.82, 2.24) is 14.7 Å². The number of nitrogens with zero attached hydrogens (tertiary/aromatic N) is 3. The molecule has 0 atom stereocenters. The summed E-state index contributed by atoms with van der Waals surface area (Å²) in [7, 11) is 0. The van der Waals surface area contributed by atoms with Crippen molar-refractivity contribution in [2.75, 3.05) is 32.7 Å². The van der Waals surface area contributed by atoms with Crippen molar-refractivity contribution in [3.63, 3.8) is 0 Å². The van der Waals surface area contributed by atoms with Gasteiger partial charge in [-0.05, 0) is 49.1 Å². The zero-order valence-corrected chi connectivity index (χ0v) is 15.9. The van der Waals surface area contributed by atoms with Gasteiger partial charge in [0.05, 0.1) is 6.54 Å². The Morgan fingerprint density at radius 2 is 1.96 bits per heavy atom. The molecule has 0 aromatic carbocycles. The number of hydrogen-bond donors (Lipinski definition) is 0. The topological polar surface area (TPSA) is 26.8 Å². The molecule has 2 aliphatic rings. The predicted molar refractivity (Wildman–Crippen MR) is 100 cm³/mol. The molecule has 3 rings (SSSR count). The molecule has 0 bridgehead atoms. The first-order chi connectivity index (χ1) is 11.6. The molecule has 0 unspecified atom stereocenters. The van der Waals surface area contributed by atoms with Crippen LogP contribution in [0.4, 0.5) is 0 Å². The van der Waals surface area contributed by atoms with E-state index in [9.17, 15) is 4.79 Å². The minimum absolute atomic E-state index is 0.325. The Hall–Kier alpha value is -0.910. The molecule has 4 nitrogen and oxygen atoms in total. The Kier molecular flexibility index (Phi) is 6.31. The van der Waals surface area contributed by atoms with Crippen LogP contribution >= 0.6 is 11.3 Å². The van der Waals surface area contributed by atoms with Gasteiger partial charge in [0.25, 0.3) is 0 Å². The summed E-state index contributed by atoms with van der Waals surface area (Å²) in [5, 5.41) is 4.36. The Balaban J connectivity index is 1.47. The number of hydrogen-bond acceptors (Lipinski definition) is 4. The first-order valence-corrected chi connectivity index (χ1v) is 10.3. The highest BCUT2D eigenvalue weighted by Gasteiger charge is 2.29. The van der Waals surface area contributed by atoms with Gasteiger partial charge in [0.1, 0.15) is 0 Å². The highest BCUT2D eigenvalue weighted by Crippen LogP contribution is 2.25. The van der Waals surface area contributed by atoms with Gasteiger partial charge in [-0.2, -0.15) is 11.3 Å². The maximum absolute atomic E-state index is 12.8. The van der Waals surface area contributed by atoms with E-state index >= 15 is 0 Å². The fourth-order valence-corrected chi connectivity index (χ4v) is 4.68. The Morgan fingerprint density at radius 1 is 1.25 bits per heavy atom. The number of rotatable bonds is 6. The lowest BCUT2D eigenvalue weighted by atomic mass is 10.1. The third kappa shape index (κ3) is 4.58. The van der Waals surface area contributed by atoms with E-state index in [0.717, 1.165) is 32.7 Å². The van der Waals surface area contributed by atoms with Gasteiger partial charge in [0.15, 0.2) is 0 Å². The summed E-state index contributed by atoms with van der Waals surface area (Å²) in [5.41, 5.74) is 1.40. The lowest BCUT2D eigenvalue weighted by Crippen LogP contribution is -2.52. The molecule has 0 radical (unpaired) electrons. The van der Waals surface area contributed by atoms with Crippen molar-refractivity contribution in [2.24, 2.45) is 0 Å². The van der Waals surface area contributed by atoms with Crippen molar-refractivity contribution >= 4 is 17.2 Å². The standard InChI is InChI=1S/C19H31N3OS/c1-16(2)22(18-5-3-4-6-18)14-19(23)21-10-8-20(9-11-21)13-17-7-12-24-15-17/h7,12,15-16,18H,3-6,8-11,13-14H2,1-2H3. The smallest absolute Gasteiger partial charge is 0.236 e. The second-order valence-electron chi connectivity index (χ2n) is 7.49. The van der Waals surface area contributed by atoms with Gasteiger partial charge in [-0.15, -0.1) is 0 Å². The van der Waals surface area contributed by atoms with Crippen LogP contribution in [-0.2, 0) is 11.3 Å². The summed E-state index contributed by atoms with van der Waals surface area (Å²) >= 11 is 1.76. The van der Waals surface area contributed by atoms with Crippen LogP contribution in [0.2, 0.25) is 0 Å². The Morgan fingerprint density at radius 3 is 2.54 bits per heavy atom. The van der Waals surface area contributed by atoms with Crippen molar-refractivity contribution in [2.45, 2.75) is 58.2 Å². The first kappa shape index (κ1) is 17.9. The van der Waals surface area contributed by atoms with Crippen molar-refractivity contribution in [3.8, 4) is 0 Å². The highest BCUT2D eigenvalue weighted by molar-refractivity contribution is 7.07. The molecule has 1 aromatic heterocycles. The molecular formula is C19H31N3OS. The molecule has 1 amide bonds. The molecule has 134 valence electrons. The van der Waals surface area contributed by atoms with Crippen LogP contribution in [0.3, 0.4) is 0 Å².